The fraction of sp³-hybridized carbons (Fsp3) is 0.889. The molecule has 0 aliphatic carbocycles. The van der Waals surface area contributed by atoms with Gasteiger partial charge in [0.25, 0.3) is 0 Å². The summed E-state index contributed by atoms with van der Waals surface area (Å²) >= 11 is 0. The van der Waals surface area contributed by atoms with Crippen molar-refractivity contribution in [2.24, 2.45) is 11.5 Å². The van der Waals surface area contributed by atoms with Crippen LogP contribution in [0.15, 0.2) is 0 Å². The highest BCUT2D eigenvalue weighted by atomic mass is 16.1. The number of amides is 1. The second-order valence-electron chi connectivity index (χ2n) is 4.24. The largest absolute Gasteiger partial charge is 0.368 e. The predicted molar refractivity (Wildman–Crippen MR) is 52.1 cm³/mol. The summed E-state index contributed by atoms with van der Waals surface area (Å²) in [7, 11) is 0. The van der Waals surface area contributed by atoms with E-state index in [2.05, 4.69) is 11.8 Å². The summed E-state index contributed by atoms with van der Waals surface area (Å²) in [6.45, 7) is 5.45. The molecule has 0 spiro atoms. The molecule has 0 radical (unpaired) electrons. The Balaban J connectivity index is 2.52. The minimum Gasteiger partial charge on any atom is -0.368 e. The average Bonchev–Trinajstić information content (AvgIpc) is 2.35. The van der Waals surface area contributed by atoms with Crippen LogP contribution in [0.2, 0.25) is 0 Å². The van der Waals surface area contributed by atoms with Gasteiger partial charge in [-0.1, -0.05) is 0 Å². The molecule has 1 saturated heterocycles. The van der Waals surface area contributed by atoms with Gasteiger partial charge in [0.05, 0.1) is 0 Å². The van der Waals surface area contributed by atoms with Gasteiger partial charge in [0.15, 0.2) is 0 Å². The second kappa shape index (κ2) is 3.64. The summed E-state index contributed by atoms with van der Waals surface area (Å²) in [4.78, 5) is 13.2. The molecule has 4 heteroatoms. The Morgan fingerprint density at radius 1 is 1.69 bits per heavy atom. The first-order valence-corrected chi connectivity index (χ1v) is 4.76. The topological polar surface area (TPSA) is 72.3 Å². The molecule has 0 aromatic heterocycles. The first-order chi connectivity index (χ1) is 5.93. The molecular weight excluding hydrogens is 166 g/mol. The van der Waals surface area contributed by atoms with Crippen molar-refractivity contribution in [2.75, 3.05) is 13.1 Å². The summed E-state index contributed by atoms with van der Waals surface area (Å²) in [6, 6.07) is 0.530. The molecular formula is C9H19N3O. The van der Waals surface area contributed by atoms with Crippen LogP contribution in [-0.4, -0.2) is 35.5 Å². The van der Waals surface area contributed by atoms with Crippen LogP contribution in [0.4, 0.5) is 0 Å². The monoisotopic (exact) mass is 185 g/mol. The number of nitrogens with two attached hydrogens (primary N) is 2. The lowest BCUT2D eigenvalue weighted by Gasteiger charge is -2.29. The van der Waals surface area contributed by atoms with Crippen molar-refractivity contribution in [1.29, 1.82) is 0 Å². The highest BCUT2D eigenvalue weighted by molar-refractivity contribution is 5.84. The molecule has 4 nitrogen and oxygen atoms in total. The maximum absolute atomic E-state index is 11.0. The van der Waals surface area contributed by atoms with Gasteiger partial charge >= 0.3 is 0 Å². The van der Waals surface area contributed by atoms with Crippen LogP contribution < -0.4 is 11.5 Å². The van der Waals surface area contributed by atoms with Crippen LogP contribution >= 0.6 is 0 Å². The van der Waals surface area contributed by atoms with Gasteiger partial charge in [-0.25, -0.2) is 0 Å². The smallest absolute Gasteiger partial charge is 0.238 e. The summed E-state index contributed by atoms with van der Waals surface area (Å²) in [5.41, 5.74) is 10.1. The second-order valence-corrected chi connectivity index (χ2v) is 4.24. The molecule has 1 amide bonds. The lowest BCUT2D eigenvalue weighted by molar-refractivity contribution is -0.123. The molecule has 4 N–H and O–H groups in total. The van der Waals surface area contributed by atoms with E-state index in [9.17, 15) is 4.79 Å². The zero-order chi connectivity index (χ0) is 10.1. The number of hydrogen-bond donors (Lipinski definition) is 2. The van der Waals surface area contributed by atoms with E-state index >= 15 is 0 Å². The Bertz CT molecular complexity index is 203. The molecule has 1 fully saturated rings. The van der Waals surface area contributed by atoms with Crippen molar-refractivity contribution in [3.8, 4) is 0 Å². The summed E-state index contributed by atoms with van der Waals surface area (Å²) in [5, 5.41) is 0. The fourth-order valence-electron chi connectivity index (χ4n) is 1.73. The molecule has 1 aliphatic heterocycles. The van der Waals surface area contributed by atoms with Gasteiger partial charge in [0, 0.05) is 12.6 Å². The molecule has 13 heavy (non-hydrogen) atoms. The standard InChI is InChI=1S/C9H19N3O/c1-7-4-3-5-12(7)6-9(2,11)8(10)13/h7H,3-6,11H2,1-2H3,(H2,10,13). The van der Waals surface area contributed by atoms with Crippen LogP contribution in [0.25, 0.3) is 0 Å². The third-order valence-corrected chi connectivity index (χ3v) is 2.79. The number of rotatable bonds is 3. The maximum atomic E-state index is 11.0. The van der Waals surface area contributed by atoms with Gasteiger partial charge in [-0.15, -0.1) is 0 Å². The number of likely N-dealkylation sites (tertiary alicyclic amines) is 1. The molecule has 0 aromatic rings. The van der Waals surface area contributed by atoms with E-state index in [-0.39, 0.29) is 0 Å². The minimum atomic E-state index is -0.890. The lowest BCUT2D eigenvalue weighted by Crippen LogP contribution is -2.57. The van der Waals surface area contributed by atoms with E-state index in [0.717, 1.165) is 6.54 Å². The number of carbonyl (C=O) groups excluding carboxylic acids is 1. The van der Waals surface area contributed by atoms with Gasteiger partial charge in [-0.3, -0.25) is 9.69 Å². The van der Waals surface area contributed by atoms with Gasteiger partial charge in [0.2, 0.25) is 5.91 Å². The number of carbonyl (C=O) groups is 1. The fourth-order valence-corrected chi connectivity index (χ4v) is 1.73. The molecule has 2 unspecified atom stereocenters. The van der Waals surface area contributed by atoms with Crippen molar-refractivity contribution < 1.29 is 4.79 Å². The van der Waals surface area contributed by atoms with E-state index < -0.39 is 11.4 Å². The van der Waals surface area contributed by atoms with E-state index in [1.165, 1.54) is 12.8 Å². The number of nitrogens with zero attached hydrogens (tertiary/aromatic N) is 1. The normalized spacial score (nSPS) is 28.7. The molecule has 0 saturated carbocycles. The highest BCUT2D eigenvalue weighted by Gasteiger charge is 2.32. The molecule has 0 bridgehead atoms. The highest BCUT2D eigenvalue weighted by Crippen LogP contribution is 2.18. The van der Waals surface area contributed by atoms with Gasteiger partial charge in [0.1, 0.15) is 5.54 Å². The summed E-state index contributed by atoms with van der Waals surface area (Å²) in [5.74, 6) is -0.424. The van der Waals surface area contributed by atoms with E-state index in [4.69, 9.17) is 11.5 Å². The molecule has 1 rings (SSSR count). The van der Waals surface area contributed by atoms with Crippen LogP contribution in [0.1, 0.15) is 26.7 Å². The predicted octanol–water partition coefficient (Wildman–Crippen LogP) is -0.327. The van der Waals surface area contributed by atoms with E-state index in [1.54, 1.807) is 6.92 Å². The zero-order valence-corrected chi connectivity index (χ0v) is 8.42. The Morgan fingerprint density at radius 2 is 2.31 bits per heavy atom. The lowest BCUT2D eigenvalue weighted by atomic mass is 10.0. The molecule has 1 aliphatic rings. The van der Waals surface area contributed by atoms with Crippen LogP contribution in [0.3, 0.4) is 0 Å². The van der Waals surface area contributed by atoms with Crippen LogP contribution in [0, 0.1) is 0 Å². The van der Waals surface area contributed by atoms with Crippen LogP contribution in [-0.2, 0) is 4.79 Å². The Kier molecular flexibility index (Phi) is 2.93. The SMILES string of the molecule is CC1CCCN1CC(C)(N)C(N)=O. The van der Waals surface area contributed by atoms with E-state index in [0.29, 0.717) is 12.6 Å². The molecule has 0 aromatic carbocycles. The third kappa shape index (κ3) is 2.42. The van der Waals surface area contributed by atoms with Gasteiger partial charge in [-0.05, 0) is 33.2 Å². The van der Waals surface area contributed by atoms with E-state index in [1.807, 2.05) is 0 Å². The Hall–Kier alpha value is -0.610. The van der Waals surface area contributed by atoms with Crippen LogP contribution in [0.5, 0.6) is 0 Å². The molecule has 1 heterocycles. The van der Waals surface area contributed by atoms with Crippen molar-refractivity contribution >= 4 is 5.91 Å². The Labute approximate surface area is 79.3 Å². The maximum Gasteiger partial charge on any atom is 0.238 e. The first kappa shape index (κ1) is 10.5. The average molecular weight is 185 g/mol. The molecule has 76 valence electrons. The van der Waals surface area contributed by atoms with Crippen molar-refractivity contribution in [2.45, 2.75) is 38.3 Å². The van der Waals surface area contributed by atoms with Gasteiger partial charge in [-0.2, -0.15) is 0 Å². The Morgan fingerprint density at radius 3 is 2.69 bits per heavy atom. The summed E-state index contributed by atoms with van der Waals surface area (Å²) in [6.07, 6.45) is 2.38. The number of hydrogen-bond acceptors (Lipinski definition) is 3. The molecule has 2 atom stereocenters. The van der Waals surface area contributed by atoms with Crippen molar-refractivity contribution in [1.82, 2.24) is 4.90 Å². The summed E-state index contributed by atoms with van der Waals surface area (Å²) < 4.78 is 0. The zero-order valence-electron chi connectivity index (χ0n) is 8.42. The third-order valence-electron chi connectivity index (χ3n) is 2.79. The van der Waals surface area contributed by atoms with Crippen molar-refractivity contribution in [3.05, 3.63) is 0 Å². The quantitative estimate of drug-likeness (QED) is 0.632. The van der Waals surface area contributed by atoms with Crippen molar-refractivity contribution in [3.63, 3.8) is 0 Å². The van der Waals surface area contributed by atoms with Gasteiger partial charge < -0.3 is 11.5 Å². The minimum absolute atomic E-state index is 0.424. The number of primary amides is 1. The first-order valence-electron chi connectivity index (χ1n) is 4.76.